The average Bonchev–Trinajstić information content (AvgIpc) is 3.16. The van der Waals surface area contributed by atoms with Gasteiger partial charge in [-0.05, 0) is 70.1 Å². The number of hydrogen-bond donors (Lipinski definition) is 1. The van der Waals surface area contributed by atoms with E-state index in [1.54, 1.807) is 0 Å². The van der Waals surface area contributed by atoms with Gasteiger partial charge in [-0.15, -0.1) is 0 Å². The van der Waals surface area contributed by atoms with Crippen LogP contribution >= 0.6 is 0 Å². The van der Waals surface area contributed by atoms with Gasteiger partial charge in [0.05, 0.1) is 12.2 Å². The number of rotatable bonds is 6. The van der Waals surface area contributed by atoms with Crippen molar-refractivity contribution >= 4 is 0 Å². The molecule has 5 atom stereocenters. The van der Waals surface area contributed by atoms with Crippen molar-refractivity contribution in [2.24, 2.45) is 11.3 Å². The minimum atomic E-state index is -0.240. The molecule has 1 saturated heterocycles. The summed E-state index contributed by atoms with van der Waals surface area (Å²) in [5, 5.41) is 10.9. The van der Waals surface area contributed by atoms with Crippen molar-refractivity contribution in [3.05, 3.63) is 0 Å². The van der Waals surface area contributed by atoms with E-state index in [2.05, 4.69) is 25.7 Å². The first-order valence-corrected chi connectivity index (χ1v) is 9.15. The smallest absolute Gasteiger partial charge is 0.108 e. The number of hydrogen-bond acceptors (Lipinski definition) is 3. The van der Waals surface area contributed by atoms with Gasteiger partial charge in [0.1, 0.15) is 6.23 Å². The van der Waals surface area contributed by atoms with Crippen LogP contribution in [-0.4, -0.2) is 41.0 Å². The van der Waals surface area contributed by atoms with Crippen LogP contribution in [0.15, 0.2) is 0 Å². The average molecular weight is 295 g/mol. The van der Waals surface area contributed by atoms with Crippen molar-refractivity contribution in [3.8, 4) is 0 Å². The third-order valence-corrected chi connectivity index (χ3v) is 6.15. The predicted octanol–water partition coefficient (Wildman–Crippen LogP) is 3.55. The quantitative estimate of drug-likeness (QED) is 0.761. The highest BCUT2D eigenvalue weighted by Crippen LogP contribution is 2.55. The van der Waals surface area contributed by atoms with Gasteiger partial charge < -0.3 is 9.84 Å². The molecule has 5 unspecified atom stereocenters. The second-order valence-corrected chi connectivity index (χ2v) is 7.87. The normalized spacial score (nSPS) is 41.3. The fraction of sp³-hybridized carbons (Fsp3) is 1.00. The van der Waals surface area contributed by atoms with Crippen molar-refractivity contribution in [3.63, 3.8) is 0 Å². The SMILES string of the molecule is CCCN(C(O)CC12CCCC1C(C)OC(C)C2)C1CC1. The fourth-order valence-corrected chi connectivity index (χ4v) is 5.29. The molecule has 0 radical (unpaired) electrons. The Hall–Kier alpha value is -0.120. The fourth-order valence-electron chi connectivity index (χ4n) is 5.29. The van der Waals surface area contributed by atoms with Gasteiger partial charge in [-0.1, -0.05) is 13.3 Å². The zero-order valence-corrected chi connectivity index (χ0v) is 14.1. The van der Waals surface area contributed by atoms with Crippen LogP contribution in [0, 0.1) is 11.3 Å². The van der Waals surface area contributed by atoms with Crippen LogP contribution < -0.4 is 0 Å². The Morgan fingerprint density at radius 2 is 2.05 bits per heavy atom. The Morgan fingerprint density at radius 1 is 1.29 bits per heavy atom. The standard InChI is InChI=1S/C18H33NO2/c1-4-10-19(15-7-8-15)17(20)12-18-9-5-6-16(18)14(3)21-13(2)11-18/h13-17,20H,4-12H2,1-3H3. The Labute approximate surface area is 130 Å². The van der Waals surface area contributed by atoms with Crippen molar-refractivity contribution < 1.29 is 9.84 Å². The number of ether oxygens (including phenoxy) is 1. The minimum absolute atomic E-state index is 0.240. The highest BCUT2D eigenvalue weighted by atomic mass is 16.5. The van der Waals surface area contributed by atoms with E-state index < -0.39 is 0 Å². The highest BCUT2D eigenvalue weighted by molar-refractivity contribution is 5.00. The number of aliphatic hydroxyl groups is 1. The van der Waals surface area contributed by atoms with Gasteiger partial charge in [0.2, 0.25) is 0 Å². The number of fused-ring (bicyclic) bond motifs is 1. The zero-order chi connectivity index (χ0) is 15.0. The van der Waals surface area contributed by atoms with Gasteiger partial charge >= 0.3 is 0 Å². The van der Waals surface area contributed by atoms with E-state index >= 15 is 0 Å². The molecule has 0 spiro atoms. The third-order valence-electron chi connectivity index (χ3n) is 6.15. The summed E-state index contributed by atoms with van der Waals surface area (Å²) >= 11 is 0. The summed E-state index contributed by atoms with van der Waals surface area (Å²) in [5.41, 5.74) is 0.331. The molecular formula is C18H33NO2. The van der Waals surface area contributed by atoms with Gasteiger partial charge in [0, 0.05) is 12.6 Å². The summed E-state index contributed by atoms with van der Waals surface area (Å²) in [6.07, 6.45) is 10.2. The molecule has 3 fully saturated rings. The monoisotopic (exact) mass is 295 g/mol. The molecule has 3 heteroatoms. The Kier molecular flexibility index (Phi) is 4.63. The predicted molar refractivity (Wildman–Crippen MR) is 85.0 cm³/mol. The van der Waals surface area contributed by atoms with Gasteiger partial charge in [-0.2, -0.15) is 0 Å². The molecule has 0 bridgehead atoms. The van der Waals surface area contributed by atoms with Gasteiger partial charge in [0.25, 0.3) is 0 Å². The first-order chi connectivity index (χ1) is 10.1. The van der Waals surface area contributed by atoms with Crippen LogP contribution in [0.5, 0.6) is 0 Å². The zero-order valence-electron chi connectivity index (χ0n) is 14.1. The summed E-state index contributed by atoms with van der Waals surface area (Å²) in [6, 6.07) is 0.658. The first kappa shape index (κ1) is 15.8. The van der Waals surface area contributed by atoms with Gasteiger partial charge in [-0.25, -0.2) is 0 Å². The molecule has 0 aromatic heterocycles. The van der Waals surface area contributed by atoms with Crippen molar-refractivity contribution in [2.45, 2.75) is 96.6 Å². The molecule has 3 rings (SSSR count). The van der Waals surface area contributed by atoms with Crippen molar-refractivity contribution in [2.75, 3.05) is 6.54 Å². The van der Waals surface area contributed by atoms with Gasteiger partial charge in [0.15, 0.2) is 0 Å². The highest BCUT2D eigenvalue weighted by Gasteiger charge is 2.51. The molecule has 1 N–H and O–H groups in total. The van der Waals surface area contributed by atoms with E-state index in [4.69, 9.17) is 4.74 Å². The Balaban J connectivity index is 1.71. The number of nitrogens with zero attached hydrogens (tertiary/aromatic N) is 1. The molecule has 21 heavy (non-hydrogen) atoms. The summed E-state index contributed by atoms with van der Waals surface area (Å²) in [6.45, 7) is 7.73. The van der Waals surface area contributed by atoms with Crippen LogP contribution in [0.1, 0.15) is 72.1 Å². The summed E-state index contributed by atoms with van der Waals surface area (Å²) in [4.78, 5) is 2.38. The van der Waals surface area contributed by atoms with Crippen LogP contribution in [0.3, 0.4) is 0 Å². The van der Waals surface area contributed by atoms with Crippen LogP contribution in [-0.2, 0) is 4.74 Å². The summed E-state index contributed by atoms with van der Waals surface area (Å²) in [7, 11) is 0. The lowest BCUT2D eigenvalue weighted by Crippen LogP contribution is -2.48. The maximum atomic E-state index is 10.9. The molecule has 1 aliphatic heterocycles. The van der Waals surface area contributed by atoms with Crippen molar-refractivity contribution in [1.29, 1.82) is 0 Å². The lowest BCUT2D eigenvalue weighted by molar-refractivity contribution is -0.145. The Bertz CT molecular complexity index is 357. The van der Waals surface area contributed by atoms with Gasteiger partial charge in [-0.3, -0.25) is 4.90 Å². The summed E-state index contributed by atoms with van der Waals surface area (Å²) in [5.74, 6) is 0.658. The van der Waals surface area contributed by atoms with E-state index in [-0.39, 0.29) is 6.23 Å². The molecular weight excluding hydrogens is 262 g/mol. The molecule has 0 aromatic rings. The largest absolute Gasteiger partial charge is 0.378 e. The maximum absolute atomic E-state index is 10.9. The van der Waals surface area contributed by atoms with E-state index in [1.807, 2.05) is 0 Å². The first-order valence-electron chi connectivity index (χ1n) is 9.15. The van der Waals surface area contributed by atoms with Crippen LogP contribution in [0.2, 0.25) is 0 Å². The molecule has 0 aromatic carbocycles. The summed E-state index contributed by atoms with van der Waals surface area (Å²) < 4.78 is 6.08. The lowest BCUT2D eigenvalue weighted by Gasteiger charge is -2.48. The third kappa shape index (κ3) is 3.16. The van der Waals surface area contributed by atoms with E-state index in [0.29, 0.717) is 29.6 Å². The van der Waals surface area contributed by atoms with E-state index in [1.165, 1.54) is 32.1 Å². The van der Waals surface area contributed by atoms with Crippen molar-refractivity contribution in [1.82, 2.24) is 4.90 Å². The molecule has 2 saturated carbocycles. The number of aliphatic hydroxyl groups excluding tert-OH is 1. The maximum Gasteiger partial charge on any atom is 0.108 e. The second-order valence-electron chi connectivity index (χ2n) is 7.87. The molecule has 1 heterocycles. The molecule has 3 nitrogen and oxygen atoms in total. The molecule has 122 valence electrons. The second kappa shape index (κ2) is 6.17. The molecule has 3 aliphatic rings. The molecule has 0 amide bonds. The van der Waals surface area contributed by atoms with E-state index in [0.717, 1.165) is 25.8 Å². The molecule has 2 aliphatic carbocycles. The lowest BCUT2D eigenvalue weighted by atomic mass is 9.67. The Morgan fingerprint density at radius 3 is 2.71 bits per heavy atom. The topological polar surface area (TPSA) is 32.7 Å². The van der Waals surface area contributed by atoms with E-state index in [9.17, 15) is 5.11 Å². The van der Waals surface area contributed by atoms with Crippen LogP contribution in [0.25, 0.3) is 0 Å². The minimum Gasteiger partial charge on any atom is -0.378 e. The van der Waals surface area contributed by atoms with Crippen LogP contribution in [0.4, 0.5) is 0 Å².